The van der Waals surface area contributed by atoms with Crippen molar-refractivity contribution in [3.8, 4) is 0 Å². The van der Waals surface area contributed by atoms with Crippen LogP contribution in [0, 0.1) is 5.82 Å². The van der Waals surface area contributed by atoms with Crippen LogP contribution in [0.4, 0.5) is 10.2 Å². The van der Waals surface area contributed by atoms with E-state index >= 15 is 0 Å². The van der Waals surface area contributed by atoms with Gasteiger partial charge < -0.3 is 9.80 Å². The molecule has 2 aromatic carbocycles. The summed E-state index contributed by atoms with van der Waals surface area (Å²) in [6.07, 6.45) is 1.57. The minimum atomic E-state index is -3.89. The number of fused-ring (bicyclic) bond motifs is 3. The quantitative estimate of drug-likeness (QED) is 0.505. The predicted molar refractivity (Wildman–Crippen MR) is 116 cm³/mol. The first-order valence-electron chi connectivity index (χ1n) is 9.79. The molecule has 6 nitrogen and oxygen atoms in total. The van der Waals surface area contributed by atoms with Crippen molar-refractivity contribution < 1.29 is 12.8 Å². The molecule has 1 aliphatic rings. The van der Waals surface area contributed by atoms with Gasteiger partial charge in [0.25, 0.3) is 10.0 Å². The molecule has 1 fully saturated rings. The van der Waals surface area contributed by atoms with Gasteiger partial charge >= 0.3 is 0 Å². The molecule has 0 aliphatic carbocycles. The standard InChI is InChI=1S/C22H21FN4O2S/c1-25-12-14-26(15-13-25)22-19-10-11-27(21(19)18-4-2-3-5-20(18)24-22)30(28,29)17-8-6-16(23)7-9-17/h2-11H,12-15H2,1H3. The lowest BCUT2D eigenvalue weighted by atomic mass is 10.1. The van der Waals surface area contributed by atoms with Gasteiger partial charge in [0.05, 0.1) is 15.9 Å². The second kappa shape index (κ2) is 7.07. The molecule has 0 N–H and O–H groups in total. The maximum absolute atomic E-state index is 13.4. The van der Waals surface area contributed by atoms with Crippen LogP contribution < -0.4 is 4.90 Å². The van der Waals surface area contributed by atoms with E-state index in [-0.39, 0.29) is 4.90 Å². The van der Waals surface area contributed by atoms with E-state index in [0.717, 1.165) is 60.4 Å². The number of likely N-dealkylation sites (N-methyl/N-ethyl adjacent to an activating group) is 1. The van der Waals surface area contributed by atoms with Gasteiger partial charge in [-0.15, -0.1) is 0 Å². The smallest absolute Gasteiger partial charge is 0.268 e. The number of aromatic nitrogens is 2. The Balaban J connectivity index is 1.76. The highest BCUT2D eigenvalue weighted by Crippen LogP contribution is 2.34. The van der Waals surface area contributed by atoms with Gasteiger partial charge in [-0.25, -0.2) is 21.8 Å². The van der Waals surface area contributed by atoms with E-state index in [1.807, 2.05) is 30.3 Å². The van der Waals surface area contributed by atoms with E-state index in [0.29, 0.717) is 5.52 Å². The van der Waals surface area contributed by atoms with E-state index < -0.39 is 15.8 Å². The van der Waals surface area contributed by atoms with Crippen LogP contribution >= 0.6 is 0 Å². The fourth-order valence-electron chi connectivity index (χ4n) is 3.98. The zero-order valence-corrected chi connectivity index (χ0v) is 17.3. The van der Waals surface area contributed by atoms with Crippen LogP contribution in [-0.4, -0.2) is 55.5 Å². The molecule has 3 heterocycles. The molecule has 0 bridgehead atoms. The minimum Gasteiger partial charge on any atom is -0.353 e. The topological polar surface area (TPSA) is 58.4 Å². The Bertz CT molecular complexity index is 1340. The molecule has 0 saturated carbocycles. The molecular formula is C22H21FN4O2S. The van der Waals surface area contributed by atoms with Gasteiger partial charge in [-0.3, -0.25) is 0 Å². The molecule has 5 rings (SSSR count). The molecule has 0 atom stereocenters. The van der Waals surface area contributed by atoms with Crippen molar-refractivity contribution in [2.45, 2.75) is 4.90 Å². The fourth-order valence-corrected chi connectivity index (χ4v) is 5.35. The maximum Gasteiger partial charge on any atom is 0.268 e. The number of nitrogens with zero attached hydrogens (tertiary/aromatic N) is 4. The number of para-hydroxylation sites is 1. The molecule has 0 unspecified atom stereocenters. The number of hydrogen-bond acceptors (Lipinski definition) is 5. The normalized spacial score (nSPS) is 15.9. The van der Waals surface area contributed by atoms with E-state index in [9.17, 15) is 12.8 Å². The highest BCUT2D eigenvalue weighted by molar-refractivity contribution is 7.90. The van der Waals surface area contributed by atoms with Crippen LogP contribution in [0.5, 0.6) is 0 Å². The number of rotatable bonds is 3. The van der Waals surface area contributed by atoms with Crippen LogP contribution in [0.15, 0.2) is 65.7 Å². The SMILES string of the molecule is CN1CCN(c2nc3ccccc3c3c2ccn3S(=O)(=O)c2ccc(F)cc2)CC1. The molecule has 8 heteroatoms. The first-order valence-corrected chi connectivity index (χ1v) is 11.2. The second-order valence-electron chi connectivity index (χ2n) is 7.58. The van der Waals surface area contributed by atoms with Crippen molar-refractivity contribution in [2.75, 3.05) is 38.1 Å². The zero-order valence-electron chi connectivity index (χ0n) is 16.5. The summed E-state index contributed by atoms with van der Waals surface area (Å²) in [6.45, 7) is 3.49. The Morgan fingerprint density at radius 2 is 1.60 bits per heavy atom. The van der Waals surface area contributed by atoms with Crippen LogP contribution in [0.1, 0.15) is 0 Å². The average Bonchev–Trinajstić information content (AvgIpc) is 3.21. The van der Waals surface area contributed by atoms with Gasteiger partial charge in [0.2, 0.25) is 0 Å². The van der Waals surface area contributed by atoms with E-state index in [2.05, 4.69) is 16.8 Å². The lowest BCUT2D eigenvalue weighted by Gasteiger charge is -2.33. The Morgan fingerprint density at radius 1 is 0.900 bits per heavy atom. The first kappa shape index (κ1) is 19.0. The summed E-state index contributed by atoms with van der Waals surface area (Å²) >= 11 is 0. The number of halogens is 1. The first-order chi connectivity index (χ1) is 14.4. The third-order valence-corrected chi connectivity index (χ3v) is 7.34. The summed E-state index contributed by atoms with van der Waals surface area (Å²) in [5, 5.41) is 1.56. The Labute approximate surface area is 174 Å². The second-order valence-corrected chi connectivity index (χ2v) is 9.39. The number of pyridine rings is 1. The summed E-state index contributed by atoms with van der Waals surface area (Å²) in [7, 11) is -1.80. The molecule has 1 saturated heterocycles. The van der Waals surface area contributed by atoms with Crippen LogP contribution in [-0.2, 0) is 10.0 Å². The summed E-state index contributed by atoms with van der Waals surface area (Å²) in [6, 6.07) is 14.3. The largest absolute Gasteiger partial charge is 0.353 e. The van der Waals surface area contributed by atoms with Gasteiger partial charge in [0.15, 0.2) is 0 Å². The number of piperazine rings is 1. The summed E-state index contributed by atoms with van der Waals surface area (Å²) in [4.78, 5) is 9.40. The van der Waals surface area contributed by atoms with Crippen molar-refractivity contribution in [2.24, 2.45) is 0 Å². The lowest BCUT2D eigenvalue weighted by Crippen LogP contribution is -2.44. The minimum absolute atomic E-state index is 0.0449. The molecule has 0 radical (unpaired) electrons. The molecule has 1 aliphatic heterocycles. The third-order valence-electron chi connectivity index (χ3n) is 5.65. The molecule has 0 amide bonds. The van der Waals surface area contributed by atoms with Crippen molar-refractivity contribution in [3.05, 3.63) is 66.6 Å². The number of anilines is 1. The van der Waals surface area contributed by atoms with Crippen molar-refractivity contribution in [1.82, 2.24) is 13.9 Å². The van der Waals surface area contributed by atoms with Crippen LogP contribution in [0.2, 0.25) is 0 Å². The van der Waals surface area contributed by atoms with Gasteiger partial charge in [0.1, 0.15) is 11.6 Å². The van der Waals surface area contributed by atoms with Gasteiger partial charge in [0, 0.05) is 43.1 Å². The average molecular weight is 425 g/mol. The zero-order chi connectivity index (χ0) is 20.9. The van der Waals surface area contributed by atoms with Gasteiger partial charge in [-0.1, -0.05) is 18.2 Å². The monoisotopic (exact) mass is 424 g/mol. The Morgan fingerprint density at radius 3 is 2.33 bits per heavy atom. The lowest BCUT2D eigenvalue weighted by molar-refractivity contribution is 0.312. The molecular weight excluding hydrogens is 403 g/mol. The van der Waals surface area contributed by atoms with Gasteiger partial charge in [-0.05, 0) is 43.4 Å². The van der Waals surface area contributed by atoms with Crippen LogP contribution in [0.25, 0.3) is 21.8 Å². The van der Waals surface area contributed by atoms with Crippen molar-refractivity contribution in [3.63, 3.8) is 0 Å². The maximum atomic E-state index is 13.4. The predicted octanol–water partition coefficient (Wildman–Crippen LogP) is 3.32. The van der Waals surface area contributed by atoms with Crippen molar-refractivity contribution >= 4 is 37.6 Å². The van der Waals surface area contributed by atoms with E-state index in [4.69, 9.17) is 4.98 Å². The van der Waals surface area contributed by atoms with Crippen molar-refractivity contribution in [1.29, 1.82) is 0 Å². The molecule has 154 valence electrons. The molecule has 2 aromatic heterocycles. The highest BCUT2D eigenvalue weighted by atomic mass is 32.2. The molecule has 30 heavy (non-hydrogen) atoms. The van der Waals surface area contributed by atoms with Crippen LogP contribution in [0.3, 0.4) is 0 Å². The summed E-state index contributed by atoms with van der Waals surface area (Å²) in [5.41, 5.74) is 1.34. The molecule has 4 aromatic rings. The van der Waals surface area contributed by atoms with E-state index in [1.54, 1.807) is 6.20 Å². The Kier molecular flexibility index (Phi) is 4.48. The summed E-state index contributed by atoms with van der Waals surface area (Å²) in [5.74, 6) is 0.322. The number of benzene rings is 2. The Hall–Kier alpha value is -2.97. The third kappa shape index (κ3) is 3.03. The summed E-state index contributed by atoms with van der Waals surface area (Å²) < 4.78 is 41.4. The highest BCUT2D eigenvalue weighted by Gasteiger charge is 2.25. The molecule has 0 spiro atoms. The number of hydrogen-bond donors (Lipinski definition) is 0. The van der Waals surface area contributed by atoms with Gasteiger partial charge in [-0.2, -0.15) is 0 Å². The fraction of sp³-hybridized carbons (Fsp3) is 0.227. The van der Waals surface area contributed by atoms with E-state index in [1.165, 1.54) is 16.1 Å².